The third-order valence-electron chi connectivity index (χ3n) is 5.15. The summed E-state index contributed by atoms with van der Waals surface area (Å²) < 4.78 is 78.3. The summed E-state index contributed by atoms with van der Waals surface area (Å²) in [5.41, 5.74) is 1.24. The molecular weight excluding hydrogens is 537 g/mol. The van der Waals surface area contributed by atoms with Crippen LogP contribution in [0.1, 0.15) is 27.7 Å². The Morgan fingerprint density at radius 1 is 0.568 bits per heavy atom. The van der Waals surface area contributed by atoms with Gasteiger partial charge in [-0.05, 0) is 64.1 Å². The van der Waals surface area contributed by atoms with E-state index in [9.17, 15) is 34.5 Å². The SMILES string of the molecule is CC[S+](C[P+](c1ccccc1)(c1ccccc1)c1ccccc1)C(C)(C)C.F[B-](F)(F)F.F[B-](F)(F)F. The lowest BCUT2D eigenvalue weighted by Crippen LogP contribution is -2.41. The molecule has 3 rings (SSSR count). The van der Waals surface area contributed by atoms with Gasteiger partial charge in [0.1, 0.15) is 26.4 Å². The second kappa shape index (κ2) is 14.2. The molecule has 0 radical (unpaired) electrons. The topological polar surface area (TPSA) is 0 Å². The molecule has 37 heavy (non-hydrogen) atoms. The lowest BCUT2D eigenvalue weighted by Gasteiger charge is -2.30. The summed E-state index contributed by atoms with van der Waals surface area (Å²) in [6.45, 7) is 9.60. The molecule has 0 saturated heterocycles. The molecule has 0 fully saturated rings. The van der Waals surface area contributed by atoms with Crippen molar-refractivity contribution in [2.24, 2.45) is 0 Å². The number of halogens is 8. The predicted octanol–water partition coefficient (Wildman–Crippen LogP) is 7.97. The van der Waals surface area contributed by atoms with E-state index in [1.54, 1.807) is 0 Å². The van der Waals surface area contributed by atoms with Gasteiger partial charge >= 0.3 is 14.5 Å². The van der Waals surface area contributed by atoms with E-state index in [-0.39, 0.29) is 0 Å². The van der Waals surface area contributed by atoms with E-state index < -0.39 is 21.8 Å². The van der Waals surface area contributed by atoms with Crippen molar-refractivity contribution in [1.29, 1.82) is 0 Å². The number of rotatable bonds is 6. The summed E-state index contributed by atoms with van der Waals surface area (Å²) in [7, 11) is -13.4. The van der Waals surface area contributed by atoms with Gasteiger partial charge in [0.2, 0.25) is 5.49 Å². The molecule has 3 aromatic rings. The Labute approximate surface area is 217 Å². The summed E-state index contributed by atoms with van der Waals surface area (Å²) in [4.78, 5) is 0. The Morgan fingerprint density at radius 2 is 0.811 bits per heavy atom. The minimum Gasteiger partial charge on any atom is -0.418 e. The first-order valence-electron chi connectivity index (χ1n) is 11.5. The Bertz CT molecular complexity index is 907. The molecule has 3 aromatic carbocycles. The monoisotopic (exact) mass is 568 g/mol. The van der Waals surface area contributed by atoms with Crippen molar-refractivity contribution in [3.63, 3.8) is 0 Å². The highest BCUT2D eigenvalue weighted by Crippen LogP contribution is 2.57. The summed E-state index contributed by atoms with van der Waals surface area (Å²) in [6, 6.07) is 33.8. The molecule has 0 amide bonds. The molecule has 0 spiro atoms. The normalized spacial score (nSPS) is 13.0. The Kier molecular flexibility index (Phi) is 12.7. The maximum absolute atomic E-state index is 9.75. The summed E-state index contributed by atoms with van der Waals surface area (Å²) in [5.74, 6) is 1.23. The zero-order valence-electron chi connectivity index (χ0n) is 21.1. The number of hydrogen-bond acceptors (Lipinski definition) is 0. The lowest BCUT2D eigenvalue weighted by molar-refractivity contribution is 0.366. The Balaban J connectivity index is 0.000000583. The van der Waals surface area contributed by atoms with E-state index in [2.05, 4.69) is 119 Å². The van der Waals surface area contributed by atoms with Gasteiger partial charge in [-0.2, -0.15) is 0 Å². The minimum atomic E-state index is -6.00. The van der Waals surface area contributed by atoms with Gasteiger partial charge in [-0.25, -0.2) is 0 Å². The second-order valence-corrected chi connectivity index (χ2v) is 15.8. The quantitative estimate of drug-likeness (QED) is 0.123. The molecule has 12 heteroatoms. The lowest BCUT2D eigenvalue weighted by atomic mass is 10.3. The van der Waals surface area contributed by atoms with Crippen LogP contribution in [0.2, 0.25) is 0 Å². The van der Waals surface area contributed by atoms with E-state index in [0.29, 0.717) is 15.6 Å². The molecule has 1 unspecified atom stereocenters. The molecule has 0 aromatic heterocycles. The molecule has 0 saturated carbocycles. The molecular formula is C25H31B2F8PS. The van der Waals surface area contributed by atoms with Gasteiger partial charge in [-0.15, -0.1) is 0 Å². The van der Waals surface area contributed by atoms with Crippen molar-refractivity contribution in [2.45, 2.75) is 32.4 Å². The van der Waals surface area contributed by atoms with Crippen molar-refractivity contribution < 1.29 is 34.5 Å². The standard InChI is InChI=1S/C25H31PS.2BF4/c1-5-27(25(2,3)4)21-26(22-15-9-6-10-16-22,23-17-11-7-12-18-23)24-19-13-8-14-20-24;2*2-1(3,4)5/h6-20H,5,21H2,1-4H3;;/q+2;2*-1. The van der Waals surface area contributed by atoms with E-state index in [0.717, 1.165) is 0 Å². The fraction of sp³-hybridized carbons (Fsp3) is 0.280. The van der Waals surface area contributed by atoms with Crippen LogP contribution >= 0.6 is 7.26 Å². The van der Waals surface area contributed by atoms with Crippen molar-refractivity contribution in [2.75, 3.05) is 11.2 Å². The van der Waals surface area contributed by atoms with Gasteiger partial charge in [0, 0.05) is 10.9 Å². The van der Waals surface area contributed by atoms with Crippen molar-refractivity contribution in [1.82, 2.24) is 0 Å². The first kappa shape index (κ1) is 33.0. The molecule has 0 aliphatic heterocycles. The molecule has 0 N–H and O–H groups in total. The fourth-order valence-electron chi connectivity index (χ4n) is 3.67. The number of benzene rings is 3. The van der Waals surface area contributed by atoms with Gasteiger partial charge in [-0.1, -0.05) is 54.6 Å². The first-order chi connectivity index (χ1) is 17.0. The maximum Gasteiger partial charge on any atom is 0.673 e. The molecule has 1 atom stereocenters. The van der Waals surface area contributed by atoms with Crippen molar-refractivity contribution in [3.8, 4) is 0 Å². The molecule has 0 aliphatic carbocycles. The predicted molar refractivity (Wildman–Crippen MR) is 148 cm³/mol. The van der Waals surface area contributed by atoms with E-state index in [1.807, 2.05) is 0 Å². The third kappa shape index (κ3) is 12.4. The van der Waals surface area contributed by atoms with Gasteiger partial charge in [0.25, 0.3) is 0 Å². The van der Waals surface area contributed by atoms with E-state index in [1.165, 1.54) is 27.2 Å². The van der Waals surface area contributed by atoms with Gasteiger partial charge in [0.05, 0.1) is 0 Å². The highest BCUT2D eigenvalue weighted by Gasteiger charge is 2.53. The Hall–Kier alpha value is -1.99. The molecule has 0 heterocycles. The van der Waals surface area contributed by atoms with Crippen LogP contribution in [0.4, 0.5) is 34.5 Å². The molecule has 0 aliphatic rings. The van der Waals surface area contributed by atoms with Crippen LogP contribution in [0.3, 0.4) is 0 Å². The zero-order chi connectivity index (χ0) is 28.3. The highest BCUT2D eigenvalue weighted by atomic mass is 32.2. The van der Waals surface area contributed by atoms with E-state index >= 15 is 0 Å². The van der Waals surface area contributed by atoms with Gasteiger partial charge in [0.15, 0.2) is 7.26 Å². The highest BCUT2D eigenvalue weighted by molar-refractivity contribution is 8.12. The van der Waals surface area contributed by atoms with Crippen LogP contribution in [0.25, 0.3) is 0 Å². The van der Waals surface area contributed by atoms with E-state index in [4.69, 9.17) is 0 Å². The van der Waals surface area contributed by atoms with Crippen molar-refractivity contribution in [3.05, 3.63) is 91.0 Å². The molecule has 204 valence electrons. The van der Waals surface area contributed by atoms with Crippen LogP contribution in [-0.4, -0.2) is 30.5 Å². The minimum absolute atomic E-state index is 0.318. The average Bonchev–Trinajstić information content (AvgIpc) is 2.79. The fourth-order valence-corrected chi connectivity index (χ4v) is 13.4. The van der Waals surface area contributed by atoms with Crippen LogP contribution in [0.15, 0.2) is 91.0 Å². The summed E-state index contributed by atoms with van der Waals surface area (Å²) >= 11 is 0. The van der Waals surface area contributed by atoms with Crippen LogP contribution in [0, 0.1) is 0 Å². The summed E-state index contributed by atoms with van der Waals surface area (Å²) in [6.07, 6.45) is 0. The first-order valence-corrected chi connectivity index (χ1v) is 15.0. The van der Waals surface area contributed by atoms with Crippen LogP contribution in [-0.2, 0) is 10.9 Å². The maximum atomic E-state index is 9.75. The molecule has 0 nitrogen and oxygen atoms in total. The zero-order valence-corrected chi connectivity index (χ0v) is 22.8. The molecule has 0 bridgehead atoms. The smallest absolute Gasteiger partial charge is 0.418 e. The van der Waals surface area contributed by atoms with Gasteiger partial charge < -0.3 is 34.5 Å². The average molecular weight is 568 g/mol. The number of hydrogen-bond donors (Lipinski definition) is 0. The Morgan fingerprint density at radius 3 is 1.00 bits per heavy atom. The van der Waals surface area contributed by atoms with Crippen LogP contribution in [0.5, 0.6) is 0 Å². The second-order valence-electron chi connectivity index (χ2n) is 8.83. The van der Waals surface area contributed by atoms with Crippen molar-refractivity contribution >= 4 is 48.6 Å². The largest absolute Gasteiger partial charge is 0.673 e. The van der Waals surface area contributed by atoms with Gasteiger partial charge in [-0.3, -0.25) is 0 Å². The van der Waals surface area contributed by atoms with Crippen LogP contribution < -0.4 is 15.9 Å². The summed E-state index contributed by atoms with van der Waals surface area (Å²) in [5, 5.41) is 4.49. The third-order valence-corrected chi connectivity index (χ3v) is 13.9.